The highest BCUT2D eigenvalue weighted by molar-refractivity contribution is 5.35. The minimum atomic E-state index is -4.09. The van der Waals surface area contributed by atoms with Gasteiger partial charge in [-0.05, 0) is 26.0 Å². The molecule has 0 aliphatic carbocycles. The lowest BCUT2D eigenvalue weighted by Crippen LogP contribution is -2.17. The number of hydrogen-bond donors (Lipinski definition) is 2. The molecule has 0 radical (unpaired) electrons. The number of aryl methyl sites for hydroxylation is 1. The van der Waals surface area contributed by atoms with E-state index in [4.69, 9.17) is 0 Å². The quantitative estimate of drug-likeness (QED) is 0.783. The summed E-state index contributed by atoms with van der Waals surface area (Å²) in [5, 5.41) is 12.4. The van der Waals surface area contributed by atoms with E-state index >= 15 is 0 Å². The van der Waals surface area contributed by atoms with Crippen LogP contribution >= 0.6 is 0 Å². The van der Waals surface area contributed by atoms with Gasteiger partial charge >= 0.3 is 6.18 Å². The highest BCUT2D eigenvalue weighted by Crippen LogP contribution is 2.21. The summed E-state index contributed by atoms with van der Waals surface area (Å²) >= 11 is 0. The van der Waals surface area contributed by atoms with Gasteiger partial charge in [-0.15, -0.1) is 0 Å². The molecule has 0 aliphatic heterocycles. The second kappa shape index (κ2) is 5.91. The van der Waals surface area contributed by atoms with Gasteiger partial charge in [0.25, 0.3) is 0 Å². The van der Waals surface area contributed by atoms with E-state index in [0.29, 0.717) is 12.1 Å². The Kier molecular flexibility index (Phi) is 4.81. The van der Waals surface area contributed by atoms with Crippen LogP contribution in [-0.2, 0) is 6.54 Å². The number of alkyl halides is 3. The maximum Gasteiger partial charge on any atom is 0.389 e. The topological polar surface area (TPSA) is 32.3 Å². The Morgan fingerprint density at radius 3 is 2.65 bits per heavy atom. The van der Waals surface area contributed by atoms with Crippen molar-refractivity contribution in [2.24, 2.45) is 0 Å². The number of rotatable bonds is 5. The van der Waals surface area contributed by atoms with E-state index in [1.165, 1.54) is 0 Å². The van der Waals surface area contributed by atoms with Crippen LogP contribution in [0.25, 0.3) is 0 Å². The van der Waals surface area contributed by atoms with Crippen molar-refractivity contribution in [3.05, 3.63) is 29.3 Å². The van der Waals surface area contributed by atoms with Crippen LogP contribution in [0.15, 0.2) is 18.2 Å². The average molecular weight is 247 g/mol. The molecular weight excluding hydrogens is 231 g/mol. The van der Waals surface area contributed by atoms with Gasteiger partial charge in [0.05, 0.1) is 0 Å². The second-order valence-electron chi connectivity index (χ2n) is 4.03. The zero-order chi connectivity index (χ0) is 12.9. The Morgan fingerprint density at radius 1 is 1.29 bits per heavy atom. The summed E-state index contributed by atoms with van der Waals surface area (Å²) in [5.74, 6) is 0.166. The van der Waals surface area contributed by atoms with Gasteiger partial charge in [0.2, 0.25) is 0 Å². The van der Waals surface area contributed by atoms with E-state index in [1.807, 2.05) is 13.0 Å². The Morgan fingerprint density at radius 2 is 2.00 bits per heavy atom. The predicted molar refractivity (Wildman–Crippen MR) is 59.8 cm³/mol. The largest absolute Gasteiger partial charge is 0.508 e. The molecule has 1 rings (SSSR count). The first-order valence-corrected chi connectivity index (χ1v) is 5.44. The summed E-state index contributed by atoms with van der Waals surface area (Å²) < 4.78 is 35.6. The SMILES string of the molecule is Cc1ccc(O)c(CNCCCC(F)(F)F)c1. The monoisotopic (exact) mass is 247 g/mol. The van der Waals surface area contributed by atoms with E-state index in [2.05, 4.69) is 5.32 Å². The summed E-state index contributed by atoms with van der Waals surface area (Å²) in [7, 11) is 0. The number of halogens is 3. The van der Waals surface area contributed by atoms with Gasteiger partial charge in [-0.25, -0.2) is 0 Å². The molecule has 0 saturated carbocycles. The molecule has 17 heavy (non-hydrogen) atoms. The fourth-order valence-corrected chi connectivity index (χ4v) is 1.49. The van der Waals surface area contributed by atoms with Crippen LogP contribution in [0.5, 0.6) is 5.75 Å². The van der Waals surface area contributed by atoms with Crippen molar-refractivity contribution in [1.82, 2.24) is 5.32 Å². The molecule has 2 nitrogen and oxygen atoms in total. The highest BCUT2D eigenvalue weighted by atomic mass is 19.4. The van der Waals surface area contributed by atoms with Gasteiger partial charge in [0, 0.05) is 18.5 Å². The summed E-state index contributed by atoms with van der Waals surface area (Å²) in [4.78, 5) is 0. The standard InChI is InChI=1S/C12H16F3NO/c1-9-3-4-11(17)10(7-9)8-16-6-2-5-12(13,14)15/h3-4,7,16-17H,2,5-6,8H2,1H3. The van der Waals surface area contributed by atoms with Crippen LogP contribution in [0.3, 0.4) is 0 Å². The zero-order valence-electron chi connectivity index (χ0n) is 9.64. The first kappa shape index (κ1) is 13.8. The van der Waals surface area contributed by atoms with Crippen molar-refractivity contribution in [1.29, 1.82) is 0 Å². The molecule has 2 N–H and O–H groups in total. The van der Waals surface area contributed by atoms with E-state index in [1.54, 1.807) is 12.1 Å². The van der Waals surface area contributed by atoms with E-state index in [0.717, 1.165) is 5.56 Å². The molecular formula is C12H16F3NO. The van der Waals surface area contributed by atoms with Crippen LogP contribution < -0.4 is 5.32 Å². The molecule has 0 aliphatic rings. The number of aromatic hydroxyl groups is 1. The summed E-state index contributed by atoms with van der Waals surface area (Å²) in [6.07, 6.45) is -4.82. The third-order valence-electron chi connectivity index (χ3n) is 2.36. The van der Waals surface area contributed by atoms with E-state index < -0.39 is 12.6 Å². The van der Waals surface area contributed by atoms with Gasteiger partial charge in [-0.3, -0.25) is 0 Å². The maximum atomic E-state index is 11.9. The lowest BCUT2D eigenvalue weighted by atomic mass is 10.1. The normalized spacial score (nSPS) is 11.8. The van der Waals surface area contributed by atoms with Crippen LogP contribution in [0.1, 0.15) is 24.0 Å². The van der Waals surface area contributed by atoms with Gasteiger partial charge in [-0.1, -0.05) is 17.7 Å². The van der Waals surface area contributed by atoms with Crippen molar-refractivity contribution >= 4 is 0 Å². The minimum Gasteiger partial charge on any atom is -0.508 e. The predicted octanol–water partition coefficient (Wildman–Crippen LogP) is 3.13. The van der Waals surface area contributed by atoms with Gasteiger partial charge in [0.1, 0.15) is 5.75 Å². The number of benzene rings is 1. The van der Waals surface area contributed by atoms with Crippen molar-refractivity contribution in [3.63, 3.8) is 0 Å². The smallest absolute Gasteiger partial charge is 0.389 e. The highest BCUT2D eigenvalue weighted by Gasteiger charge is 2.25. The minimum absolute atomic E-state index is 0.0517. The number of nitrogens with one attached hydrogen (secondary N) is 1. The lowest BCUT2D eigenvalue weighted by molar-refractivity contribution is -0.135. The van der Waals surface area contributed by atoms with Crippen LogP contribution in [0, 0.1) is 6.92 Å². The molecule has 0 atom stereocenters. The van der Waals surface area contributed by atoms with Gasteiger partial charge in [-0.2, -0.15) is 13.2 Å². The molecule has 5 heteroatoms. The molecule has 0 amide bonds. The number of phenols is 1. The maximum absolute atomic E-state index is 11.9. The molecule has 0 bridgehead atoms. The molecule has 1 aromatic rings. The average Bonchev–Trinajstić information content (AvgIpc) is 2.21. The summed E-state index contributed by atoms with van der Waals surface area (Å²) in [5.41, 5.74) is 1.71. The van der Waals surface area contributed by atoms with Crippen molar-refractivity contribution < 1.29 is 18.3 Å². The zero-order valence-corrected chi connectivity index (χ0v) is 9.64. The van der Waals surface area contributed by atoms with Crippen LogP contribution in [0.4, 0.5) is 13.2 Å². The Balaban J connectivity index is 2.29. The molecule has 0 saturated heterocycles. The number of hydrogen-bond acceptors (Lipinski definition) is 2. The van der Waals surface area contributed by atoms with Crippen molar-refractivity contribution in [3.8, 4) is 5.75 Å². The summed E-state index contributed by atoms with van der Waals surface area (Å²) in [6, 6.07) is 5.18. The Bertz CT molecular complexity index is 363. The van der Waals surface area contributed by atoms with E-state index in [9.17, 15) is 18.3 Å². The summed E-state index contributed by atoms with van der Waals surface area (Å²) in [6.45, 7) is 2.56. The first-order valence-electron chi connectivity index (χ1n) is 5.44. The molecule has 0 heterocycles. The molecule has 1 aromatic carbocycles. The molecule has 0 fully saturated rings. The van der Waals surface area contributed by atoms with Crippen LogP contribution in [-0.4, -0.2) is 17.8 Å². The third kappa shape index (κ3) is 5.58. The number of phenolic OH excluding ortho intramolecular Hbond substituents is 1. The molecule has 0 aromatic heterocycles. The van der Waals surface area contributed by atoms with E-state index in [-0.39, 0.29) is 18.7 Å². The van der Waals surface area contributed by atoms with Crippen molar-refractivity contribution in [2.75, 3.05) is 6.54 Å². The van der Waals surface area contributed by atoms with Gasteiger partial charge in [0.15, 0.2) is 0 Å². The van der Waals surface area contributed by atoms with Gasteiger partial charge < -0.3 is 10.4 Å². The lowest BCUT2D eigenvalue weighted by Gasteiger charge is -2.09. The molecule has 96 valence electrons. The fourth-order valence-electron chi connectivity index (χ4n) is 1.49. The molecule has 0 unspecified atom stereocenters. The third-order valence-corrected chi connectivity index (χ3v) is 2.36. The van der Waals surface area contributed by atoms with Crippen LogP contribution in [0.2, 0.25) is 0 Å². The fraction of sp³-hybridized carbons (Fsp3) is 0.500. The Hall–Kier alpha value is -1.23. The van der Waals surface area contributed by atoms with Crippen molar-refractivity contribution in [2.45, 2.75) is 32.5 Å². The Labute approximate surface area is 98.5 Å². The first-order chi connectivity index (χ1) is 7.88. The second-order valence-corrected chi connectivity index (χ2v) is 4.03. The molecule has 0 spiro atoms.